The molecule has 2 aliphatic heterocycles. The van der Waals surface area contributed by atoms with Crippen LogP contribution in [0.15, 0.2) is 42.5 Å². The number of benzene rings is 2. The highest BCUT2D eigenvalue weighted by Crippen LogP contribution is 2.31. The molecule has 4 rings (SSSR count). The van der Waals surface area contributed by atoms with E-state index in [2.05, 4.69) is 5.32 Å². The van der Waals surface area contributed by atoms with E-state index in [4.69, 9.17) is 0 Å². The first kappa shape index (κ1) is 25.1. The summed E-state index contributed by atoms with van der Waals surface area (Å²) in [5.74, 6) is -2.96. The van der Waals surface area contributed by atoms with Crippen LogP contribution in [0.2, 0.25) is 0 Å². The number of alkyl halides is 3. The fraction of sp³-hybridized carbons (Fsp3) is 0.320. The van der Waals surface area contributed by atoms with Crippen molar-refractivity contribution in [3.05, 3.63) is 70.3 Å². The van der Waals surface area contributed by atoms with Crippen molar-refractivity contribution < 1.29 is 37.1 Å². The molecule has 5 amide bonds. The largest absolute Gasteiger partial charge is 0.416 e. The van der Waals surface area contributed by atoms with Crippen LogP contribution >= 0.6 is 0 Å². The van der Waals surface area contributed by atoms with E-state index in [1.165, 1.54) is 30.1 Å². The van der Waals surface area contributed by atoms with Gasteiger partial charge in [-0.25, -0.2) is 0 Å². The lowest BCUT2D eigenvalue weighted by Crippen LogP contribution is -2.54. The van der Waals surface area contributed by atoms with E-state index in [0.717, 1.165) is 17.0 Å². The summed E-state index contributed by atoms with van der Waals surface area (Å²) < 4.78 is 38.9. The molecule has 0 bridgehead atoms. The summed E-state index contributed by atoms with van der Waals surface area (Å²) in [5.41, 5.74) is -0.103. The molecule has 2 heterocycles. The Balaban J connectivity index is 1.44. The average molecular weight is 501 g/mol. The van der Waals surface area contributed by atoms with E-state index < -0.39 is 47.3 Å². The second-order valence-corrected chi connectivity index (χ2v) is 8.70. The lowest BCUT2D eigenvalue weighted by atomic mass is 9.99. The van der Waals surface area contributed by atoms with Crippen LogP contribution in [0.1, 0.15) is 61.5 Å². The van der Waals surface area contributed by atoms with Gasteiger partial charge in [-0.2, -0.15) is 13.2 Å². The number of nitrogens with zero attached hydrogens (tertiary/aromatic N) is 2. The zero-order valence-corrected chi connectivity index (χ0v) is 19.2. The van der Waals surface area contributed by atoms with Gasteiger partial charge in [0.05, 0.1) is 16.7 Å². The SMILES string of the molecule is CN(CCCc1cccc2c1C(=O)N(C1CCC(=O)NC1=O)C2=O)C(=O)c1cccc(C(F)(F)F)c1. The molecule has 0 saturated carbocycles. The van der Waals surface area contributed by atoms with Crippen LogP contribution in [0, 0.1) is 0 Å². The van der Waals surface area contributed by atoms with Crippen LogP contribution in [0.4, 0.5) is 13.2 Å². The van der Waals surface area contributed by atoms with E-state index in [-0.39, 0.29) is 36.1 Å². The first-order chi connectivity index (χ1) is 17.0. The molecule has 36 heavy (non-hydrogen) atoms. The molecule has 0 aliphatic carbocycles. The predicted octanol–water partition coefficient (Wildman–Crippen LogP) is 2.81. The molecule has 1 N–H and O–H groups in total. The summed E-state index contributed by atoms with van der Waals surface area (Å²) in [6.07, 6.45) is -3.81. The monoisotopic (exact) mass is 501 g/mol. The number of aryl methyl sites for hydroxylation is 1. The molecule has 1 fully saturated rings. The molecule has 0 spiro atoms. The Bertz CT molecular complexity index is 1270. The zero-order valence-electron chi connectivity index (χ0n) is 19.2. The molecule has 2 aromatic rings. The van der Waals surface area contributed by atoms with Gasteiger partial charge in [-0.3, -0.25) is 34.2 Å². The quantitative estimate of drug-likeness (QED) is 0.614. The van der Waals surface area contributed by atoms with Crippen molar-refractivity contribution in [2.45, 2.75) is 37.9 Å². The Morgan fingerprint density at radius 2 is 1.81 bits per heavy atom. The highest BCUT2D eigenvalue weighted by atomic mass is 19.4. The molecular weight excluding hydrogens is 479 g/mol. The molecule has 1 saturated heterocycles. The third kappa shape index (κ3) is 4.73. The lowest BCUT2D eigenvalue weighted by molar-refractivity contribution is -0.138. The number of imide groups is 2. The highest BCUT2D eigenvalue weighted by molar-refractivity contribution is 6.24. The fourth-order valence-electron chi connectivity index (χ4n) is 4.45. The average Bonchev–Trinajstić information content (AvgIpc) is 3.09. The van der Waals surface area contributed by atoms with Gasteiger partial charge in [0, 0.05) is 25.6 Å². The number of rotatable bonds is 6. The Kier molecular flexibility index (Phi) is 6.66. The summed E-state index contributed by atoms with van der Waals surface area (Å²) in [4.78, 5) is 64.5. The highest BCUT2D eigenvalue weighted by Gasteiger charge is 2.45. The third-order valence-electron chi connectivity index (χ3n) is 6.28. The van der Waals surface area contributed by atoms with Gasteiger partial charge >= 0.3 is 6.18 Å². The van der Waals surface area contributed by atoms with Gasteiger partial charge in [-0.1, -0.05) is 18.2 Å². The Labute approximate surface area is 204 Å². The lowest BCUT2D eigenvalue weighted by Gasteiger charge is -2.27. The number of amides is 5. The number of halogens is 3. The van der Waals surface area contributed by atoms with Crippen molar-refractivity contribution in [3.63, 3.8) is 0 Å². The van der Waals surface area contributed by atoms with Gasteiger partial charge in [0.2, 0.25) is 11.8 Å². The molecule has 8 nitrogen and oxygen atoms in total. The first-order valence-corrected chi connectivity index (χ1v) is 11.2. The molecule has 0 radical (unpaired) electrons. The van der Waals surface area contributed by atoms with Gasteiger partial charge in [0.25, 0.3) is 17.7 Å². The summed E-state index contributed by atoms with van der Waals surface area (Å²) in [6.45, 7) is 0.192. The fourth-order valence-corrected chi connectivity index (χ4v) is 4.45. The predicted molar refractivity (Wildman–Crippen MR) is 120 cm³/mol. The minimum absolute atomic E-state index is 0.0168. The third-order valence-corrected chi connectivity index (χ3v) is 6.28. The maximum Gasteiger partial charge on any atom is 0.416 e. The molecule has 2 aliphatic rings. The topological polar surface area (TPSA) is 104 Å². The standard InChI is InChI=1S/C25H22F3N3O5/c1-30(22(34)15-6-2-8-16(13-15)25(26,27)28)12-4-7-14-5-3-9-17-20(14)24(36)31(23(17)35)18-10-11-19(32)29-21(18)33/h2-3,5-6,8-9,13,18H,4,7,10-12H2,1H3,(H,29,32,33). The molecule has 188 valence electrons. The van der Waals surface area contributed by atoms with E-state index in [0.29, 0.717) is 18.4 Å². The Hall–Kier alpha value is -4.02. The minimum Gasteiger partial charge on any atom is -0.342 e. The number of hydrogen-bond donors (Lipinski definition) is 1. The maximum absolute atomic E-state index is 13.1. The van der Waals surface area contributed by atoms with E-state index in [1.807, 2.05) is 0 Å². The van der Waals surface area contributed by atoms with Crippen molar-refractivity contribution in [1.29, 1.82) is 0 Å². The second kappa shape index (κ2) is 9.56. The first-order valence-electron chi connectivity index (χ1n) is 11.2. The van der Waals surface area contributed by atoms with Crippen LogP contribution in [0.5, 0.6) is 0 Å². The van der Waals surface area contributed by atoms with E-state index >= 15 is 0 Å². The van der Waals surface area contributed by atoms with Crippen molar-refractivity contribution >= 4 is 29.5 Å². The number of hydrogen-bond acceptors (Lipinski definition) is 5. The Morgan fingerprint density at radius 1 is 1.08 bits per heavy atom. The van der Waals surface area contributed by atoms with Crippen LogP contribution in [-0.2, 0) is 22.2 Å². The summed E-state index contributed by atoms with van der Waals surface area (Å²) >= 11 is 0. The molecule has 0 aromatic heterocycles. The van der Waals surface area contributed by atoms with Crippen molar-refractivity contribution in [2.24, 2.45) is 0 Å². The minimum atomic E-state index is -4.56. The van der Waals surface area contributed by atoms with E-state index in [1.54, 1.807) is 12.1 Å². The number of piperidine rings is 1. The molecular formula is C25H22F3N3O5. The molecule has 1 unspecified atom stereocenters. The number of carbonyl (C=O) groups excluding carboxylic acids is 5. The van der Waals surface area contributed by atoms with Crippen LogP contribution in [0.3, 0.4) is 0 Å². The summed E-state index contributed by atoms with van der Waals surface area (Å²) in [7, 11) is 1.47. The van der Waals surface area contributed by atoms with Crippen LogP contribution < -0.4 is 5.32 Å². The summed E-state index contributed by atoms with van der Waals surface area (Å²) in [6, 6.07) is 7.89. The summed E-state index contributed by atoms with van der Waals surface area (Å²) in [5, 5.41) is 2.15. The van der Waals surface area contributed by atoms with Gasteiger partial charge < -0.3 is 4.90 Å². The normalized spacial score (nSPS) is 17.8. The van der Waals surface area contributed by atoms with Crippen molar-refractivity contribution in [2.75, 3.05) is 13.6 Å². The second-order valence-electron chi connectivity index (χ2n) is 8.70. The maximum atomic E-state index is 13.1. The molecule has 11 heteroatoms. The zero-order chi connectivity index (χ0) is 26.2. The number of nitrogens with one attached hydrogen (secondary N) is 1. The van der Waals surface area contributed by atoms with Crippen molar-refractivity contribution in [1.82, 2.24) is 15.1 Å². The van der Waals surface area contributed by atoms with Gasteiger partial charge in [-0.05, 0) is 49.1 Å². The van der Waals surface area contributed by atoms with Crippen LogP contribution in [0.25, 0.3) is 0 Å². The molecule has 1 atom stereocenters. The van der Waals surface area contributed by atoms with Gasteiger partial charge in [0.1, 0.15) is 6.04 Å². The Morgan fingerprint density at radius 3 is 2.50 bits per heavy atom. The number of carbonyl (C=O) groups is 5. The van der Waals surface area contributed by atoms with Crippen molar-refractivity contribution in [3.8, 4) is 0 Å². The van der Waals surface area contributed by atoms with Gasteiger partial charge in [-0.15, -0.1) is 0 Å². The van der Waals surface area contributed by atoms with Gasteiger partial charge in [0.15, 0.2) is 0 Å². The van der Waals surface area contributed by atoms with E-state index in [9.17, 15) is 37.1 Å². The van der Waals surface area contributed by atoms with Crippen LogP contribution in [-0.4, -0.2) is 59.0 Å². The smallest absolute Gasteiger partial charge is 0.342 e. The molecule has 2 aromatic carbocycles. The number of fused-ring (bicyclic) bond motifs is 1.